The number of nitrogens with one attached hydrogen (secondary N) is 1. The van der Waals surface area contributed by atoms with E-state index >= 15 is 0 Å². The van der Waals surface area contributed by atoms with Crippen LogP contribution < -0.4 is 5.32 Å². The number of aryl methyl sites for hydroxylation is 1. The van der Waals surface area contributed by atoms with Crippen LogP contribution in [0.2, 0.25) is 0 Å². The first-order chi connectivity index (χ1) is 8.12. The third-order valence-electron chi connectivity index (χ3n) is 3.98. The lowest BCUT2D eigenvalue weighted by molar-refractivity contribution is 0.297. The topological polar surface area (TPSA) is 24.9 Å². The van der Waals surface area contributed by atoms with E-state index in [0.717, 1.165) is 6.54 Å². The fourth-order valence-electron chi connectivity index (χ4n) is 2.33. The Labute approximate surface area is 105 Å². The molecule has 1 aromatic rings. The van der Waals surface area contributed by atoms with Crippen molar-refractivity contribution in [1.82, 2.24) is 10.3 Å². The number of aromatic nitrogens is 1. The zero-order chi connectivity index (χ0) is 12.3. The van der Waals surface area contributed by atoms with Crippen LogP contribution in [0.1, 0.15) is 57.3 Å². The van der Waals surface area contributed by atoms with Crippen LogP contribution in [0.3, 0.4) is 0 Å². The van der Waals surface area contributed by atoms with Crippen LogP contribution in [0.4, 0.5) is 0 Å². The zero-order valence-electron chi connectivity index (χ0n) is 11.3. The standard InChI is InChI=1S/C15H24N2/c1-4-15(2,3)11-17-13-9-5-7-12-8-6-10-16-14(12)13/h6,8,10,13,17H,4-5,7,9,11H2,1-3H3. The maximum absolute atomic E-state index is 4.56. The Morgan fingerprint density at radius 2 is 2.29 bits per heavy atom. The summed E-state index contributed by atoms with van der Waals surface area (Å²) in [5, 5.41) is 3.71. The summed E-state index contributed by atoms with van der Waals surface area (Å²) in [6.07, 6.45) is 6.83. The Bertz CT molecular complexity index is 371. The highest BCUT2D eigenvalue weighted by Gasteiger charge is 2.23. The predicted octanol–water partition coefficient (Wildman–Crippen LogP) is 3.48. The largest absolute Gasteiger partial charge is 0.308 e. The van der Waals surface area contributed by atoms with Crippen LogP contribution in [0.25, 0.3) is 0 Å². The lowest BCUT2D eigenvalue weighted by Gasteiger charge is -2.30. The molecule has 94 valence electrons. The van der Waals surface area contributed by atoms with Gasteiger partial charge in [-0.15, -0.1) is 0 Å². The molecule has 0 amide bonds. The van der Waals surface area contributed by atoms with E-state index in [2.05, 4.69) is 43.2 Å². The van der Waals surface area contributed by atoms with E-state index < -0.39 is 0 Å². The van der Waals surface area contributed by atoms with Crippen molar-refractivity contribution in [3.8, 4) is 0 Å². The van der Waals surface area contributed by atoms with Crippen molar-refractivity contribution < 1.29 is 0 Å². The predicted molar refractivity (Wildman–Crippen MR) is 72.0 cm³/mol. The molecule has 0 radical (unpaired) electrons. The number of fused-ring (bicyclic) bond motifs is 1. The summed E-state index contributed by atoms with van der Waals surface area (Å²) in [5.74, 6) is 0. The molecule has 0 saturated heterocycles. The molecule has 1 aliphatic rings. The second kappa shape index (κ2) is 5.18. The highest BCUT2D eigenvalue weighted by Crippen LogP contribution is 2.29. The van der Waals surface area contributed by atoms with Crippen molar-refractivity contribution in [2.45, 2.75) is 52.5 Å². The molecule has 2 rings (SSSR count). The number of nitrogens with zero attached hydrogens (tertiary/aromatic N) is 1. The summed E-state index contributed by atoms with van der Waals surface area (Å²) in [4.78, 5) is 4.56. The van der Waals surface area contributed by atoms with E-state index in [1.54, 1.807) is 0 Å². The van der Waals surface area contributed by atoms with Crippen molar-refractivity contribution >= 4 is 0 Å². The lowest BCUT2D eigenvalue weighted by Crippen LogP contribution is -2.34. The van der Waals surface area contributed by atoms with Crippen LogP contribution in [0.15, 0.2) is 18.3 Å². The summed E-state index contributed by atoms with van der Waals surface area (Å²) >= 11 is 0. The van der Waals surface area contributed by atoms with Crippen LogP contribution in [0.5, 0.6) is 0 Å². The fraction of sp³-hybridized carbons (Fsp3) is 0.667. The third-order valence-corrected chi connectivity index (χ3v) is 3.98. The van der Waals surface area contributed by atoms with Gasteiger partial charge in [0.25, 0.3) is 0 Å². The molecular weight excluding hydrogens is 208 g/mol. The zero-order valence-corrected chi connectivity index (χ0v) is 11.3. The third kappa shape index (κ3) is 3.06. The SMILES string of the molecule is CCC(C)(C)CNC1CCCc2cccnc21. The Kier molecular flexibility index (Phi) is 3.82. The van der Waals surface area contributed by atoms with Crippen LogP contribution >= 0.6 is 0 Å². The summed E-state index contributed by atoms with van der Waals surface area (Å²) in [6.45, 7) is 7.98. The van der Waals surface area contributed by atoms with Gasteiger partial charge in [-0.2, -0.15) is 0 Å². The van der Waals surface area contributed by atoms with Gasteiger partial charge in [0.2, 0.25) is 0 Å². The molecule has 1 heterocycles. The molecule has 2 nitrogen and oxygen atoms in total. The monoisotopic (exact) mass is 232 g/mol. The molecule has 17 heavy (non-hydrogen) atoms. The average Bonchev–Trinajstić information content (AvgIpc) is 2.36. The van der Waals surface area contributed by atoms with Gasteiger partial charge in [0.15, 0.2) is 0 Å². The van der Waals surface area contributed by atoms with Gasteiger partial charge in [-0.1, -0.05) is 26.8 Å². The van der Waals surface area contributed by atoms with Gasteiger partial charge in [0.1, 0.15) is 0 Å². The van der Waals surface area contributed by atoms with Crippen LogP contribution in [-0.4, -0.2) is 11.5 Å². The minimum Gasteiger partial charge on any atom is -0.308 e. The van der Waals surface area contributed by atoms with Crippen LogP contribution in [-0.2, 0) is 6.42 Å². The van der Waals surface area contributed by atoms with E-state index in [0.29, 0.717) is 11.5 Å². The quantitative estimate of drug-likeness (QED) is 0.859. The Morgan fingerprint density at radius 1 is 1.47 bits per heavy atom. The normalized spacial score (nSPS) is 20.1. The van der Waals surface area contributed by atoms with E-state index in [-0.39, 0.29) is 0 Å². The molecule has 1 aliphatic carbocycles. The van der Waals surface area contributed by atoms with Gasteiger partial charge in [0.05, 0.1) is 5.69 Å². The smallest absolute Gasteiger partial charge is 0.0605 e. The van der Waals surface area contributed by atoms with Gasteiger partial charge in [-0.25, -0.2) is 0 Å². The van der Waals surface area contributed by atoms with Gasteiger partial charge in [0, 0.05) is 18.8 Å². The first kappa shape index (κ1) is 12.6. The number of hydrogen-bond acceptors (Lipinski definition) is 2. The van der Waals surface area contributed by atoms with Crippen LogP contribution in [0, 0.1) is 5.41 Å². The molecule has 1 unspecified atom stereocenters. The average molecular weight is 232 g/mol. The molecular formula is C15H24N2. The molecule has 1 aromatic heterocycles. The Balaban J connectivity index is 2.04. The van der Waals surface area contributed by atoms with Crippen molar-refractivity contribution in [2.75, 3.05) is 6.54 Å². The molecule has 0 spiro atoms. The van der Waals surface area contributed by atoms with Crippen molar-refractivity contribution in [1.29, 1.82) is 0 Å². The number of rotatable bonds is 4. The van der Waals surface area contributed by atoms with E-state index in [1.165, 1.54) is 36.9 Å². The maximum atomic E-state index is 4.56. The first-order valence-corrected chi connectivity index (χ1v) is 6.79. The highest BCUT2D eigenvalue weighted by molar-refractivity contribution is 5.25. The fourth-order valence-corrected chi connectivity index (χ4v) is 2.33. The molecule has 0 saturated carbocycles. The molecule has 1 N–H and O–H groups in total. The summed E-state index contributed by atoms with van der Waals surface area (Å²) in [7, 11) is 0. The molecule has 0 aliphatic heterocycles. The summed E-state index contributed by atoms with van der Waals surface area (Å²) in [5.41, 5.74) is 3.10. The van der Waals surface area contributed by atoms with Crippen molar-refractivity contribution in [3.05, 3.63) is 29.6 Å². The van der Waals surface area contributed by atoms with Gasteiger partial charge in [-0.05, 0) is 42.7 Å². The summed E-state index contributed by atoms with van der Waals surface area (Å²) in [6, 6.07) is 4.74. The second-order valence-corrected chi connectivity index (χ2v) is 5.89. The molecule has 1 atom stereocenters. The molecule has 0 bridgehead atoms. The minimum atomic E-state index is 0.381. The molecule has 0 fully saturated rings. The Hall–Kier alpha value is -0.890. The van der Waals surface area contributed by atoms with E-state index in [1.807, 2.05) is 6.20 Å². The first-order valence-electron chi connectivity index (χ1n) is 6.79. The van der Waals surface area contributed by atoms with Crippen molar-refractivity contribution in [2.24, 2.45) is 5.41 Å². The number of hydrogen-bond donors (Lipinski definition) is 1. The van der Waals surface area contributed by atoms with Gasteiger partial charge < -0.3 is 5.32 Å². The van der Waals surface area contributed by atoms with Gasteiger partial charge >= 0.3 is 0 Å². The minimum absolute atomic E-state index is 0.381. The number of pyridine rings is 1. The second-order valence-electron chi connectivity index (χ2n) is 5.89. The van der Waals surface area contributed by atoms with Crippen molar-refractivity contribution in [3.63, 3.8) is 0 Å². The molecule has 0 aromatic carbocycles. The maximum Gasteiger partial charge on any atom is 0.0605 e. The van der Waals surface area contributed by atoms with Gasteiger partial charge in [-0.3, -0.25) is 4.98 Å². The van der Waals surface area contributed by atoms with E-state index in [4.69, 9.17) is 0 Å². The van der Waals surface area contributed by atoms with E-state index in [9.17, 15) is 0 Å². The highest BCUT2D eigenvalue weighted by atomic mass is 15.0. The summed E-state index contributed by atoms with van der Waals surface area (Å²) < 4.78 is 0. The lowest BCUT2D eigenvalue weighted by atomic mass is 9.88. The molecule has 2 heteroatoms. The Morgan fingerprint density at radius 3 is 3.06 bits per heavy atom.